The van der Waals surface area contributed by atoms with Crippen LogP contribution in [0.25, 0.3) is 11.3 Å². The molecule has 3 N–H and O–H groups in total. The van der Waals surface area contributed by atoms with Gasteiger partial charge in [0.1, 0.15) is 17.1 Å². The zero-order chi connectivity index (χ0) is 13.8. The Hall–Kier alpha value is -2.43. The lowest BCUT2D eigenvalue weighted by Crippen LogP contribution is -2.02. The van der Waals surface area contributed by atoms with Gasteiger partial charge in [0.2, 0.25) is 0 Å². The topological polar surface area (TPSA) is 77.3 Å². The van der Waals surface area contributed by atoms with E-state index < -0.39 is 5.97 Å². The summed E-state index contributed by atoms with van der Waals surface area (Å²) in [7, 11) is 1.32. The van der Waals surface area contributed by atoms with Crippen LogP contribution in [0.4, 0.5) is 5.82 Å². The molecule has 100 valence electrons. The van der Waals surface area contributed by atoms with Gasteiger partial charge in [-0.2, -0.15) is 0 Å². The lowest BCUT2D eigenvalue weighted by Gasteiger charge is -2.03. The fraction of sp³-hybridized carbons (Fsp3) is 0.214. The number of hydrogen-bond acceptors (Lipinski definition) is 4. The van der Waals surface area contributed by atoms with Gasteiger partial charge in [-0.05, 0) is 42.8 Å². The summed E-state index contributed by atoms with van der Waals surface area (Å²) in [5.74, 6) is 0.653. The first-order chi connectivity index (χ1) is 9.15. The third kappa shape index (κ3) is 2.70. The van der Waals surface area contributed by atoms with E-state index in [-0.39, 0.29) is 0 Å². The minimum absolute atomic E-state index is 0.302. The Kier molecular flexibility index (Phi) is 3.75. The molecule has 0 saturated heterocycles. The van der Waals surface area contributed by atoms with Crippen LogP contribution in [0, 0.1) is 0 Å². The van der Waals surface area contributed by atoms with Crippen molar-refractivity contribution in [3.63, 3.8) is 0 Å². The Bertz CT molecular complexity index is 573. The van der Waals surface area contributed by atoms with E-state index in [1.165, 1.54) is 7.11 Å². The summed E-state index contributed by atoms with van der Waals surface area (Å²) in [6.07, 6.45) is 0. The quantitative estimate of drug-likeness (QED) is 0.828. The van der Waals surface area contributed by atoms with E-state index in [1.807, 2.05) is 31.2 Å². The third-order valence-electron chi connectivity index (χ3n) is 2.73. The standard InChI is InChI=1S/C14H16N2O3/c1-3-19-10-6-4-9(5-7-10)12-8-11(13(15)16-12)14(17)18-2/h4-8,16H,3,15H2,1-2H3. The minimum atomic E-state index is -0.453. The first-order valence-corrected chi connectivity index (χ1v) is 5.95. The summed E-state index contributed by atoms with van der Waals surface area (Å²) in [6.45, 7) is 2.56. The van der Waals surface area contributed by atoms with Gasteiger partial charge in [0.25, 0.3) is 0 Å². The second kappa shape index (κ2) is 5.48. The number of methoxy groups -OCH3 is 1. The van der Waals surface area contributed by atoms with Gasteiger partial charge < -0.3 is 20.2 Å². The zero-order valence-corrected chi connectivity index (χ0v) is 10.9. The normalized spacial score (nSPS) is 10.2. The van der Waals surface area contributed by atoms with Gasteiger partial charge in [-0.25, -0.2) is 4.79 Å². The number of nitrogen functional groups attached to an aromatic ring is 1. The zero-order valence-electron chi connectivity index (χ0n) is 10.9. The van der Waals surface area contributed by atoms with Crippen molar-refractivity contribution in [2.75, 3.05) is 19.5 Å². The first kappa shape index (κ1) is 13.0. The Morgan fingerprint density at radius 2 is 2.00 bits per heavy atom. The highest BCUT2D eigenvalue weighted by Gasteiger charge is 2.14. The van der Waals surface area contributed by atoms with Crippen molar-refractivity contribution in [2.45, 2.75) is 6.92 Å². The first-order valence-electron chi connectivity index (χ1n) is 5.95. The molecular weight excluding hydrogens is 244 g/mol. The summed E-state index contributed by atoms with van der Waals surface area (Å²) in [5, 5.41) is 0. The fourth-order valence-electron chi connectivity index (χ4n) is 1.80. The van der Waals surface area contributed by atoms with Gasteiger partial charge in [0.05, 0.1) is 13.7 Å². The maximum Gasteiger partial charge on any atom is 0.341 e. The van der Waals surface area contributed by atoms with Crippen molar-refractivity contribution in [1.82, 2.24) is 4.98 Å². The number of carbonyl (C=O) groups is 1. The van der Waals surface area contributed by atoms with Crippen LogP contribution >= 0.6 is 0 Å². The molecule has 0 saturated carbocycles. The molecule has 0 radical (unpaired) electrons. The number of nitrogens with one attached hydrogen (secondary N) is 1. The number of aromatic nitrogens is 1. The second-order valence-corrected chi connectivity index (χ2v) is 3.96. The molecular formula is C14H16N2O3. The molecule has 0 spiro atoms. The van der Waals surface area contributed by atoms with E-state index >= 15 is 0 Å². The number of nitrogens with two attached hydrogens (primary N) is 1. The average Bonchev–Trinajstić information content (AvgIpc) is 2.81. The highest BCUT2D eigenvalue weighted by molar-refractivity contribution is 5.96. The molecule has 2 rings (SSSR count). The maximum atomic E-state index is 11.5. The van der Waals surface area contributed by atoms with Gasteiger partial charge in [-0.15, -0.1) is 0 Å². The minimum Gasteiger partial charge on any atom is -0.494 e. The van der Waals surface area contributed by atoms with E-state index in [2.05, 4.69) is 9.72 Å². The van der Waals surface area contributed by atoms with Gasteiger partial charge >= 0.3 is 5.97 Å². The SMILES string of the molecule is CCOc1ccc(-c2cc(C(=O)OC)c(N)[nH]2)cc1. The van der Waals surface area contributed by atoms with Gasteiger partial charge in [-0.1, -0.05) is 0 Å². The Morgan fingerprint density at radius 1 is 1.32 bits per heavy atom. The van der Waals surface area contributed by atoms with E-state index in [0.29, 0.717) is 18.0 Å². The highest BCUT2D eigenvalue weighted by atomic mass is 16.5. The monoisotopic (exact) mass is 260 g/mol. The smallest absolute Gasteiger partial charge is 0.341 e. The molecule has 0 atom stereocenters. The van der Waals surface area contributed by atoms with Crippen molar-refractivity contribution in [1.29, 1.82) is 0 Å². The lowest BCUT2D eigenvalue weighted by molar-refractivity contribution is 0.0602. The third-order valence-corrected chi connectivity index (χ3v) is 2.73. The molecule has 0 bridgehead atoms. The number of esters is 1. The summed E-state index contributed by atoms with van der Waals surface area (Å²) in [5.41, 5.74) is 7.78. The Morgan fingerprint density at radius 3 is 2.58 bits per heavy atom. The molecule has 0 fully saturated rings. The van der Waals surface area contributed by atoms with Crippen molar-refractivity contribution in [2.24, 2.45) is 0 Å². The molecule has 0 aliphatic carbocycles. The molecule has 2 aromatic rings. The Balaban J connectivity index is 2.29. The molecule has 0 unspecified atom stereocenters. The number of rotatable bonds is 4. The second-order valence-electron chi connectivity index (χ2n) is 3.96. The number of anilines is 1. The predicted octanol–water partition coefficient (Wildman–Crippen LogP) is 2.45. The van der Waals surface area contributed by atoms with Crippen molar-refractivity contribution >= 4 is 11.8 Å². The van der Waals surface area contributed by atoms with Crippen molar-refractivity contribution in [3.8, 4) is 17.0 Å². The van der Waals surface area contributed by atoms with Crippen LogP contribution in [0.1, 0.15) is 17.3 Å². The number of benzene rings is 1. The van der Waals surface area contributed by atoms with Crippen LogP contribution in [0.2, 0.25) is 0 Å². The van der Waals surface area contributed by atoms with E-state index in [0.717, 1.165) is 17.0 Å². The predicted molar refractivity (Wildman–Crippen MR) is 73.1 cm³/mol. The molecule has 19 heavy (non-hydrogen) atoms. The maximum absolute atomic E-state index is 11.5. The molecule has 0 aliphatic rings. The molecule has 5 heteroatoms. The molecule has 0 amide bonds. The van der Waals surface area contributed by atoms with Crippen molar-refractivity contribution in [3.05, 3.63) is 35.9 Å². The van der Waals surface area contributed by atoms with Crippen LogP contribution in [0.3, 0.4) is 0 Å². The molecule has 1 aromatic heterocycles. The number of aromatic amines is 1. The van der Waals surface area contributed by atoms with Gasteiger partial charge in [0.15, 0.2) is 0 Å². The summed E-state index contributed by atoms with van der Waals surface area (Å²) in [6, 6.07) is 9.22. The highest BCUT2D eigenvalue weighted by Crippen LogP contribution is 2.25. The van der Waals surface area contributed by atoms with E-state index in [1.54, 1.807) is 6.07 Å². The summed E-state index contributed by atoms with van der Waals surface area (Å²) >= 11 is 0. The number of ether oxygens (including phenoxy) is 2. The fourth-order valence-corrected chi connectivity index (χ4v) is 1.80. The lowest BCUT2D eigenvalue weighted by atomic mass is 10.1. The molecule has 1 heterocycles. The van der Waals surface area contributed by atoms with Crippen LogP contribution in [-0.4, -0.2) is 24.7 Å². The number of hydrogen-bond donors (Lipinski definition) is 2. The van der Waals surface area contributed by atoms with Crippen molar-refractivity contribution < 1.29 is 14.3 Å². The summed E-state index contributed by atoms with van der Waals surface area (Å²) < 4.78 is 10.0. The number of carbonyl (C=O) groups excluding carboxylic acids is 1. The number of H-pyrrole nitrogens is 1. The van der Waals surface area contributed by atoms with Crippen LogP contribution in [0.15, 0.2) is 30.3 Å². The van der Waals surface area contributed by atoms with E-state index in [4.69, 9.17) is 10.5 Å². The largest absolute Gasteiger partial charge is 0.494 e. The van der Waals surface area contributed by atoms with Crippen LogP contribution in [0.5, 0.6) is 5.75 Å². The molecule has 1 aromatic carbocycles. The average molecular weight is 260 g/mol. The van der Waals surface area contributed by atoms with Gasteiger partial charge in [0, 0.05) is 5.69 Å². The van der Waals surface area contributed by atoms with Crippen LogP contribution < -0.4 is 10.5 Å². The summed E-state index contributed by atoms with van der Waals surface area (Å²) in [4.78, 5) is 14.4. The molecule has 5 nitrogen and oxygen atoms in total. The van der Waals surface area contributed by atoms with Crippen LogP contribution in [-0.2, 0) is 4.74 Å². The van der Waals surface area contributed by atoms with Gasteiger partial charge in [-0.3, -0.25) is 0 Å². The Labute approximate surface area is 111 Å². The van der Waals surface area contributed by atoms with E-state index in [9.17, 15) is 4.79 Å². The molecule has 0 aliphatic heterocycles.